The third-order valence-corrected chi connectivity index (χ3v) is 3.55. The molecule has 2 aromatic rings. The van der Waals surface area contributed by atoms with Crippen LogP contribution in [0.5, 0.6) is 0 Å². The summed E-state index contributed by atoms with van der Waals surface area (Å²) in [6.45, 7) is 6.80. The number of hydrogen-bond acceptors (Lipinski definition) is 5. The van der Waals surface area contributed by atoms with Crippen LogP contribution in [0.3, 0.4) is 0 Å². The van der Waals surface area contributed by atoms with Crippen molar-refractivity contribution in [3.05, 3.63) is 47.6 Å². The minimum atomic E-state index is -0.540. The van der Waals surface area contributed by atoms with Gasteiger partial charge in [0.2, 0.25) is 11.7 Å². The molecule has 1 aromatic heterocycles. The molecule has 0 aliphatic heterocycles. The van der Waals surface area contributed by atoms with Crippen molar-refractivity contribution < 1.29 is 9.26 Å². The van der Waals surface area contributed by atoms with Crippen LogP contribution in [0.1, 0.15) is 44.1 Å². The van der Waals surface area contributed by atoms with E-state index < -0.39 is 5.60 Å². The molecule has 0 saturated carbocycles. The predicted octanol–water partition coefficient (Wildman–Crippen LogP) is 2.84. The Morgan fingerprint density at radius 1 is 1.29 bits per heavy atom. The first-order valence-electron chi connectivity index (χ1n) is 7.23. The van der Waals surface area contributed by atoms with E-state index in [1.54, 1.807) is 7.11 Å². The van der Waals surface area contributed by atoms with Gasteiger partial charge in [0, 0.05) is 19.6 Å². The van der Waals surface area contributed by atoms with Crippen LogP contribution in [0, 0.1) is 0 Å². The average Bonchev–Trinajstić information content (AvgIpc) is 2.97. The lowest BCUT2D eigenvalue weighted by Gasteiger charge is -2.18. The second kappa shape index (κ2) is 6.83. The van der Waals surface area contributed by atoms with E-state index in [1.165, 1.54) is 5.56 Å². The summed E-state index contributed by atoms with van der Waals surface area (Å²) < 4.78 is 10.7. The Hall–Kier alpha value is -1.72. The quantitative estimate of drug-likeness (QED) is 0.849. The molecule has 5 heteroatoms. The van der Waals surface area contributed by atoms with Crippen molar-refractivity contribution in [2.24, 2.45) is 0 Å². The maximum atomic E-state index is 5.37. The molecule has 0 radical (unpaired) electrons. The Bertz CT molecular complexity index is 552. The molecule has 0 saturated heterocycles. The summed E-state index contributed by atoms with van der Waals surface area (Å²) >= 11 is 0. The highest BCUT2D eigenvalue weighted by molar-refractivity contribution is 5.19. The van der Waals surface area contributed by atoms with Gasteiger partial charge in [0.15, 0.2) is 0 Å². The highest BCUT2D eigenvalue weighted by atomic mass is 16.5. The Balaban J connectivity index is 2.15. The molecule has 1 aromatic carbocycles. The third-order valence-electron chi connectivity index (χ3n) is 3.55. The summed E-state index contributed by atoms with van der Waals surface area (Å²) in [5, 5.41) is 7.48. The number of hydrogen-bond donors (Lipinski definition) is 1. The fourth-order valence-corrected chi connectivity index (χ4v) is 2.09. The first kappa shape index (κ1) is 15.7. The Labute approximate surface area is 125 Å². The van der Waals surface area contributed by atoms with Crippen LogP contribution in [0.15, 0.2) is 34.9 Å². The molecule has 0 fully saturated rings. The van der Waals surface area contributed by atoms with Gasteiger partial charge in [0.25, 0.3) is 0 Å². The fraction of sp³-hybridized carbons (Fsp3) is 0.500. The molecule has 21 heavy (non-hydrogen) atoms. The van der Waals surface area contributed by atoms with E-state index in [4.69, 9.17) is 9.26 Å². The van der Waals surface area contributed by atoms with Gasteiger partial charge in [0.05, 0.1) is 0 Å². The molecule has 1 unspecified atom stereocenters. The molecule has 0 amide bonds. The van der Waals surface area contributed by atoms with Crippen LogP contribution in [-0.4, -0.2) is 23.8 Å². The summed E-state index contributed by atoms with van der Waals surface area (Å²) in [5.41, 5.74) is 0.674. The fourth-order valence-electron chi connectivity index (χ4n) is 2.09. The maximum absolute atomic E-state index is 5.37. The third kappa shape index (κ3) is 3.89. The average molecular weight is 289 g/mol. The molecule has 0 aliphatic rings. The van der Waals surface area contributed by atoms with Gasteiger partial charge in [0.1, 0.15) is 5.60 Å². The van der Waals surface area contributed by atoms with Gasteiger partial charge >= 0.3 is 0 Å². The van der Waals surface area contributed by atoms with Gasteiger partial charge in [-0.2, -0.15) is 4.98 Å². The van der Waals surface area contributed by atoms with Gasteiger partial charge in [-0.1, -0.05) is 42.4 Å². The number of aromatic nitrogens is 2. The lowest BCUT2D eigenvalue weighted by atomic mass is 10.0. The Morgan fingerprint density at radius 2 is 2.00 bits per heavy atom. The van der Waals surface area contributed by atoms with Crippen LogP contribution < -0.4 is 5.32 Å². The first-order chi connectivity index (χ1) is 10.1. The number of ether oxygens (including phenoxy) is 1. The lowest BCUT2D eigenvalue weighted by Crippen LogP contribution is -2.23. The van der Waals surface area contributed by atoms with E-state index in [9.17, 15) is 0 Å². The van der Waals surface area contributed by atoms with Crippen molar-refractivity contribution in [3.8, 4) is 0 Å². The van der Waals surface area contributed by atoms with Gasteiger partial charge in [-0.25, -0.2) is 0 Å². The standard InChI is InChI=1S/C16H23N3O2/c1-5-17-13(12-9-7-6-8-10-12)11-14-18-15(19-21-14)16(2,3)20-4/h6-10,13,17H,5,11H2,1-4H3. The normalized spacial score (nSPS) is 13.3. The molecule has 0 spiro atoms. The van der Waals surface area contributed by atoms with E-state index in [-0.39, 0.29) is 6.04 Å². The summed E-state index contributed by atoms with van der Waals surface area (Å²) in [4.78, 5) is 4.46. The minimum Gasteiger partial charge on any atom is -0.371 e. The summed E-state index contributed by atoms with van der Waals surface area (Å²) in [6, 6.07) is 10.4. The highest BCUT2D eigenvalue weighted by Gasteiger charge is 2.27. The number of nitrogens with zero attached hydrogens (tertiary/aromatic N) is 2. The predicted molar refractivity (Wildman–Crippen MR) is 80.9 cm³/mol. The van der Waals surface area contributed by atoms with E-state index >= 15 is 0 Å². The zero-order valence-electron chi connectivity index (χ0n) is 13.1. The largest absolute Gasteiger partial charge is 0.371 e. The Kier molecular flexibility index (Phi) is 5.09. The monoisotopic (exact) mass is 289 g/mol. The molecular weight excluding hydrogens is 266 g/mol. The van der Waals surface area contributed by atoms with Crippen molar-refractivity contribution >= 4 is 0 Å². The molecule has 1 N–H and O–H groups in total. The zero-order chi connectivity index (χ0) is 15.3. The first-order valence-corrected chi connectivity index (χ1v) is 7.23. The molecular formula is C16H23N3O2. The van der Waals surface area contributed by atoms with E-state index in [1.807, 2.05) is 32.0 Å². The number of methoxy groups -OCH3 is 1. The maximum Gasteiger partial charge on any atom is 0.228 e. The SMILES string of the molecule is CCNC(Cc1nc(C(C)(C)OC)no1)c1ccccc1. The molecule has 5 nitrogen and oxygen atoms in total. The van der Waals surface area contributed by atoms with Gasteiger partial charge in [-0.05, 0) is 26.0 Å². The molecule has 0 aliphatic carbocycles. The smallest absolute Gasteiger partial charge is 0.228 e. The molecule has 2 rings (SSSR count). The number of likely N-dealkylation sites (N-methyl/N-ethyl adjacent to an activating group) is 1. The number of nitrogens with one attached hydrogen (secondary N) is 1. The van der Waals surface area contributed by atoms with Crippen LogP contribution >= 0.6 is 0 Å². The van der Waals surface area contributed by atoms with E-state index in [2.05, 4.69) is 34.5 Å². The van der Waals surface area contributed by atoms with E-state index in [0.29, 0.717) is 18.1 Å². The van der Waals surface area contributed by atoms with Crippen LogP contribution in [0.4, 0.5) is 0 Å². The van der Waals surface area contributed by atoms with Gasteiger partial charge in [-0.15, -0.1) is 0 Å². The second-order valence-corrected chi connectivity index (χ2v) is 5.45. The van der Waals surface area contributed by atoms with Crippen molar-refractivity contribution in [2.45, 2.75) is 38.8 Å². The zero-order valence-corrected chi connectivity index (χ0v) is 13.1. The van der Waals surface area contributed by atoms with Crippen molar-refractivity contribution in [1.29, 1.82) is 0 Å². The van der Waals surface area contributed by atoms with Crippen molar-refractivity contribution in [1.82, 2.24) is 15.5 Å². The van der Waals surface area contributed by atoms with Crippen molar-refractivity contribution in [2.75, 3.05) is 13.7 Å². The molecule has 114 valence electrons. The molecule has 1 heterocycles. The van der Waals surface area contributed by atoms with E-state index in [0.717, 1.165) is 6.54 Å². The second-order valence-electron chi connectivity index (χ2n) is 5.45. The summed E-state index contributed by atoms with van der Waals surface area (Å²) in [6.07, 6.45) is 0.657. The lowest BCUT2D eigenvalue weighted by molar-refractivity contribution is 0.00973. The van der Waals surface area contributed by atoms with Crippen LogP contribution in [0.25, 0.3) is 0 Å². The summed E-state index contributed by atoms with van der Waals surface area (Å²) in [7, 11) is 1.64. The molecule has 1 atom stereocenters. The summed E-state index contributed by atoms with van der Waals surface area (Å²) in [5.74, 6) is 1.19. The topological polar surface area (TPSA) is 60.2 Å². The van der Waals surface area contributed by atoms with Crippen molar-refractivity contribution in [3.63, 3.8) is 0 Å². The number of rotatable bonds is 7. The number of benzene rings is 1. The highest BCUT2D eigenvalue weighted by Crippen LogP contribution is 2.22. The Morgan fingerprint density at radius 3 is 2.62 bits per heavy atom. The van der Waals surface area contributed by atoms with Crippen LogP contribution in [-0.2, 0) is 16.8 Å². The molecule has 0 bridgehead atoms. The van der Waals surface area contributed by atoms with Crippen LogP contribution in [0.2, 0.25) is 0 Å². The minimum absolute atomic E-state index is 0.162. The van der Waals surface area contributed by atoms with Gasteiger partial charge in [-0.3, -0.25) is 0 Å². The van der Waals surface area contributed by atoms with Gasteiger partial charge < -0.3 is 14.6 Å².